The molecule has 188 valence electrons. The van der Waals surface area contributed by atoms with Gasteiger partial charge in [-0.05, 0) is 48.0 Å². The number of benzene rings is 2. The lowest BCUT2D eigenvalue weighted by molar-refractivity contribution is 0.0689. The second-order valence-electron chi connectivity index (χ2n) is 8.13. The molecule has 2 N–H and O–H groups in total. The van der Waals surface area contributed by atoms with Crippen molar-refractivity contribution in [3.05, 3.63) is 105 Å². The van der Waals surface area contributed by atoms with Crippen LogP contribution in [0.1, 0.15) is 26.4 Å². The summed E-state index contributed by atoms with van der Waals surface area (Å²) in [6, 6.07) is 18.2. The summed E-state index contributed by atoms with van der Waals surface area (Å²) in [5.74, 6) is -0.796. The van der Waals surface area contributed by atoms with Gasteiger partial charge >= 0.3 is 5.97 Å². The molecule has 0 bridgehead atoms. The average Bonchev–Trinajstić information content (AvgIpc) is 2.88. The molecule has 4 rings (SSSR count). The highest BCUT2D eigenvalue weighted by molar-refractivity contribution is 6.30. The van der Waals surface area contributed by atoms with Gasteiger partial charge in [-0.3, -0.25) is 14.2 Å². The second kappa shape index (κ2) is 10.9. The van der Waals surface area contributed by atoms with Crippen LogP contribution in [-0.4, -0.2) is 50.5 Å². The number of aromatic nitrogens is 3. The highest BCUT2D eigenvalue weighted by Crippen LogP contribution is 2.23. The summed E-state index contributed by atoms with van der Waals surface area (Å²) >= 11 is 5.99. The smallest absolute Gasteiger partial charge is 0.354 e. The van der Waals surface area contributed by atoms with Crippen molar-refractivity contribution < 1.29 is 19.4 Å². The Kier molecular flexibility index (Phi) is 7.49. The molecule has 0 aliphatic carbocycles. The molecule has 0 aliphatic rings. The van der Waals surface area contributed by atoms with Crippen molar-refractivity contribution in [2.75, 3.05) is 19.4 Å². The van der Waals surface area contributed by atoms with Crippen molar-refractivity contribution in [1.29, 1.82) is 0 Å². The van der Waals surface area contributed by atoms with Gasteiger partial charge < -0.3 is 20.1 Å². The van der Waals surface area contributed by atoms with Crippen LogP contribution >= 0.6 is 11.6 Å². The van der Waals surface area contributed by atoms with Gasteiger partial charge in [-0.15, -0.1) is 0 Å². The molecule has 0 fully saturated rings. The van der Waals surface area contributed by atoms with E-state index in [1.807, 2.05) is 0 Å². The molecule has 0 aliphatic heterocycles. The summed E-state index contributed by atoms with van der Waals surface area (Å²) in [4.78, 5) is 46.5. The summed E-state index contributed by atoms with van der Waals surface area (Å²) in [6.45, 7) is 0.159. The van der Waals surface area contributed by atoms with Crippen molar-refractivity contribution in [1.82, 2.24) is 19.4 Å². The fourth-order valence-corrected chi connectivity index (χ4v) is 3.47. The number of carboxylic acids is 1. The molecular formula is C26H22ClN5O5. The van der Waals surface area contributed by atoms with E-state index >= 15 is 0 Å². The number of rotatable bonds is 8. The third-order valence-electron chi connectivity index (χ3n) is 5.21. The molecule has 1 amide bonds. The maximum absolute atomic E-state index is 13.3. The summed E-state index contributed by atoms with van der Waals surface area (Å²) in [5.41, 5.74) is 0.727. The van der Waals surface area contributed by atoms with E-state index in [1.165, 1.54) is 27.8 Å². The predicted molar refractivity (Wildman–Crippen MR) is 138 cm³/mol. The number of pyridine rings is 1. The maximum atomic E-state index is 13.3. The molecule has 0 atom stereocenters. The van der Waals surface area contributed by atoms with E-state index in [2.05, 4.69) is 15.3 Å². The lowest BCUT2D eigenvalue weighted by atomic mass is 10.2. The Balaban J connectivity index is 1.61. The Morgan fingerprint density at radius 2 is 1.76 bits per heavy atom. The zero-order chi connectivity index (χ0) is 26.5. The summed E-state index contributed by atoms with van der Waals surface area (Å²) < 4.78 is 7.03. The largest absolute Gasteiger partial charge is 0.477 e. The van der Waals surface area contributed by atoms with E-state index in [9.17, 15) is 14.4 Å². The highest BCUT2D eigenvalue weighted by Gasteiger charge is 2.18. The molecule has 4 aromatic rings. The highest BCUT2D eigenvalue weighted by atomic mass is 35.5. The van der Waals surface area contributed by atoms with Gasteiger partial charge in [-0.1, -0.05) is 29.8 Å². The summed E-state index contributed by atoms with van der Waals surface area (Å²) in [5, 5.41) is 12.8. The van der Waals surface area contributed by atoms with E-state index < -0.39 is 17.4 Å². The first-order chi connectivity index (χ1) is 17.7. The van der Waals surface area contributed by atoms with E-state index in [-0.39, 0.29) is 29.6 Å². The number of hydrogen-bond donors (Lipinski definition) is 2. The Morgan fingerprint density at radius 3 is 2.41 bits per heavy atom. The lowest BCUT2D eigenvalue weighted by Gasteiger charge is -2.16. The van der Waals surface area contributed by atoms with Crippen LogP contribution in [0.3, 0.4) is 0 Å². The van der Waals surface area contributed by atoms with Gasteiger partial charge in [-0.2, -0.15) is 0 Å². The monoisotopic (exact) mass is 519 g/mol. The number of carboxylic acid groups (broad SMARTS) is 1. The van der Waals surface area contributed by atoms with Gasteiger partial charge in [0, 0.05) is 37.1 Å². The van der Waals surface area contributed by atoms with Crippen molar-refractivity contribution in [2.45, 2.75) is 6.54 Å². The standard InChI is InChI=1S/C26H22ClN5O5/c1-31(2)23(33)20-14-28-26(32(24(20)34)15-16-6-8-17(27)9-7-16)29-18-10-12-19(13-11-18)37-22-5-3-4-21(30-22)25(35)36/h3-14H,15H2,1-2H3,(H,28,29)(H,35,36). The van der Waals surface area contributed by atoms with E-state index in [0.29, 0.717) is 16.5 Å². The van der Waals surface area contributed by atoms with Crippen LogP contribution in [0.4, 0.5) is 11.6 Å². The normalized spacial score (nSPS) is 10.6. The minimum absolute atomic E-state index is 0.0515. The van der Waals surface area contributed by atoms with Crippen molar-refractivity contribution in [3.8, 4) is 11.6 Å². The van der Waals surface area contributed by atoms with Crippen LogP contribution in [-0.2, 0) is 6.54 Å². The average molecular weight is 520 g/mol. The van der Waals surface area contributed by atoms with E-state index in [0.717, 1.165) is 5.56 Å². The molecule has 2 aromatic carbocycles. The van der Waals surface area contributed by atoms with Gasteiger partial charge in [-0.25, -0.2) is 14.8 Å². The van der Waals surface area contributed by atoms with Gasteiger partial charge in [0.05, 0.1) is 6.54 Å². The lowest BCUT2D eigenvalue weighted by Crippen LogP contribution is -2.34. The van der Waals surface area contributed by atoms with Gasteiger partial charge in [0.2, 0.25) is 11.8 Å². The van der Waals surface area contributed by atoms with Gasteiger partial charge in [0.1, 0.15) is 11.3 Å². The predicted octanol–water partition coefficient (Wildman–Crippen LogP) is 4.28. The SMILES string of the molecule is CN(C)C(=O)c1cnc(Nc2ccc(Oc3cccc(C(=O)O)n3)cc2)n(Cc2ccc(Cl)cc2)c1=O. The number of carbonyl (C=O) groups excluding carboxylic acids is 1. The fourth-order valence-electron chi connectivity index (χ4n) is 3.35. The third-order valence-corrected chi connectivity index (χ3v) is 5.47. The molecule has 0 radical (unpaired) electrons. The van der Waals surface area contributed by atoms with Gasteiger partial charge in [0.15, 0.2) is 5.69 Å². The minimum Gasteiger partial charge on any atom is -0.477 e. The fraction of sp³-hybridized carbons (Fsp3) is 0.115. The molecule has 2 heterocycles. The number of amides is 1. The van der Waals surface area contributed by atoms with Crippen LogP contribution in [0, 0.1) is 0 Å². The van der Waals surface area contributed by atoms with Crippen molar-refractivity contribution >= 4 is 35.1 Å². The topological polar surface area (TPSA) is 127 Å². The first-order valence-electron chi connectivity index (χ1n) is 11.0. The number of nitrogens with one attached hydrogen (secondary N) is 1. The zero-order valence-electron chi connectivity index (χ0n) is 19.9. The van der Waals surface area contributed by atoms with Crippen LogP contribution < -0.4 is 15.6 Å². The molecule has 10 nitrogen and oxygen atoms in total. The number of halogens is 1. The maximum Gasteiger partial charge on any atom is 0.354 e. The summed E-state index contributed by atoms with van der Waals surface area (Å²) in [7, 11) is 3.13. The Morgan fingerprint density at radius 1 is 1.05 bits per heavy atom. The number of hydrogen-bond acceptors (Lipinski definition) is 7. The number of nitrogens with zero attached hydrogens (tertiary/aromatic N) is 4. The van der Waals surface area contributed by atoms with E-state index in [4.69, 9.17) is 21.4 Å². The number of anilines is 2. The zero-order valence-corrected chi connectivity index (χ0v) is 20.6. The number of aromatic carboxylic acids is 1. The molecule has 0 saturated carbocycles. The quantitative estimate of drug-likeness (QED) is 0.353. The first kappa shape index (κ1) is 25.4. The van der Waals surface area contributed by atoms with E-state index in [1.54, 1.807) is 68.7 Å². The van der Waals surface area contributed by atoms with Crippen LogP contribution in [0.25, 0.3) is 0 Å². The molecular weight excluding hydrogens is 498 g/mol. The van der Waals surface area contributed by atoms with Crippen molar-refractivity contribution in [2.24, 2.45) is 0 Å². The summed E-state index contributed by atoms with van der Waals surface area (Å²) in [6.07, 6.45) is 1.25. The van der Waals surface area contributed by atoms with Crippen molar-refractivity contribution in [3.63, 3.8) is 0 Å². The molecule has 0 spiro atoms. The molecule has 2 aromatic heterocycles. The Labute approximate surface area is 216 Å². The third kappa shape index (κ3) is 6.11. The van der Waals surface area contributed by atoms with Crippen LogP contribution in [0.15, 0.2) is 77.7 Å². The second-order valence-corrected chi connectivity index (χ2v) is 8.57. The van der Waals surface area contributed by atoms with Crippen LogP contribution in [0.2, 0.25) is 5.02 Å². The molecule has 0 saturated heterocycles. The first-order valence-corrected chi connectivity index (χ1v) is 11.4. The number of ether oxygens (including phenoxy) is 1. The molecule has 0 unspecified atom stereocenters. The Hall–Kier alpha value is -4.70. The minimum atomic E-state index is -1.15. The molecule has 11 heteroatoms. The van der Waals surface area contributed by atoms with Crippen LogP contribution in [0.5, 0.6) is 11.6 Å². The van der Waals surface area contributed by atoms with Gasteiger partial charge in [0.25, 0.3) is 11.5 Å². The number of carbonyl (C=O) groups is 2. The Bertz CT molecular complexity index is 1500. The molecule has 37 heavy (non-hydrogen) atoms.